The van der Waals surface area contributed by atoms with Gasteiger partial charge in [0.25, 0.3) is 0 Å². The number of fused-ring (bicyclic) bond motifs is 3. The maximum atomic E-state index is 9.04. The van der Waals surface area contributed by atoms with Crippen LogP contribution in [-0.2, 0) is 0 Å². The van der Waals surface area contributed by atoms with Crippen molar-refractivity contribution in [3.8, 4) is 22.4 Å². The highest BCUT2D eigenvalue weighted by Gasteiger charge is 2.13. The van der Waals surface area contributed by atoms with Crippen LogP contribution in [0.25, 0.3) is 44.3 Å². The molecule has 2 heteroatoms. The summed E-state index contributed by atoms with van der Waals surface area (Å²) in [6, 6.07) is 36.8. The third-order valence-electron chi connectivity index (χ3n) is 6.27. The van der Waals surface area contributed by atoms with E-state index in [-0.39, 0.29) is 0 Å². The normalized spacial score (nSPS) is 13.7. The number of pyridine rings is 1. The van der Waals surface area contributed by atoms with E-state index in [9.17, 15) is 0 Å². The first kappa shape index (κ1) is 18.4. The Bertz CT molecular complexity index is 1620. The summed E-state index contributed by atoms with van der Waals surface area (Å²) >= 11 is 0. The number of nitrogens with zero attached hydrogens (tertiary/aromatic N) is 1. The van der Waals surface area contributed by atoms with Gasteiger partial charge in [0.1, 0.15) is 11.2 Å². The van der Waals surface area contributed by atoms with Crippen molar-refractivity contribution in [2.75, 3.05) is 0 Å². The second-order valence-electron chi connectivity index (χ2n) is 8.31. The fraction of sp³-hybridized carbons (Fsp3) is 0.0645. The molecule has 1 unspecified atom stereocenters. The Morgan fingerprint density at radius 1 is 0.636 bits per heavy atom. The molecule has 0 aliphatic heterocycles. The van der Waals surface area contributed by atoms with Crippen LogP contribution < -0.4 is 0 Å². The van der Waals surface area contributed by atoms with Crippen LogP contribution in [0.3, 0.4) is 0 Å². The molecule has 2 nitrogen and oxygen atoms in total. The molecule has 6 rings (SSSR count). The molecular formula is C31H23NO. The van der Waals surface area contributed by atoms with Crippen LogP contribution in [-0.4, -0.2) is 4.98 Å². The summed E-state index contributed by atoms with van der Waals surface area (Å²) in [5.74, 6) is -0.865. The summed E-state index contributed by atoms with van der Waals surface area (Å²) in [6.07, 6.45) is 1.80. The maximum Gasteiger partial charge on any atom is 0.135 e. The van der Waals surface area contributed by atoms with E-state index in [4.69, 9.17) is 5.79 Å². The predicted octanol–water partition coefficient (Wildman–Crippen LogP) is 8.47. The lowest BCUT2D eigenvalue weighted by Crippen LogP contribution is -1.97. The summed E-state index contributed by atoms with van der Waals surface area (Å²) in [6.45, 7) is 1.93. The van der Waals surface area contributed by atoms with Crippen LogP contribution in [0, 0.1) is 0 Å². The van der Waals surface area contributed by atoms with E-state index in [1.54, 1.807) is 6.20 Å². The van der Waals surface area contributed by atoms with Crippen LogP contribution in [0.15, 0.2) is 120 Å². The molecule has 0 amide bonds. The molecule has 0 spiro atoms. The molecule has 6 aromatic rings. The lowest BCUT2D eigenvalue weighted by Gasteiger charge is -2.13. The topological polar surface area (TPSA) is 26.0 Å². The summed E-state index contributed by atoms with van der Waals surface area (Å²) < 4.78 is 15.2. The van der Waals surface area contributed by atoms with Gasteiger partial charge in [0.15, 0.2) is 0 Å². The first-order valence-electron chi connectivity index (χ1n) is 11.6. The molecule has 0 saturated carbocycles. The van der Waals surface area contributed by atoms with Crippen molar-refractivity contribution in [1.29, 1.82) is 0 Å². The Hall–Kier alpha value is -4.17. The fourth-order valence-corrected chi connectivity index (χ4v) is 4.42. The second-order valence-corrected chi connectivity index (χ2v) is 8.31. The van der Waals surface area contributed by atoms with E-state index in [0.717, 1.165) is 49.9 Å². The van der Waals surface area contributed by atoms with E-state index in [2.05, 4.69) is 47.4 Å². The van der Waals surface area contributed by atoms with Gasteiger partial charge in [-0.1, -0.05) is 73.7 Å². The molecule has 2 heterocycles. The first-order valence-corrected chi connectivity index (χ1v) is 11.1. The van der Waals surface area contributed by atoms with Gasteiger partial charge in [-0.3, -0.25) is 4.98 Å². The third-order valence-corrected chi connectivity index (χ3v) is 6.27. The minimum absolute atomic E-state index is 0.849. The molecule has 0 fully saturated rings. The van der Waals surface area contributed by atoms with E-state index in [0.29, 0.717) is 0 Å². The van der Waals surface area contributed by atoms with Gasteiger partial charge in [-0.2, -0.15) is 0 Å². The van der Waals surface area contributed by atoms with Crippen molar-refractivity contribution in [3.05, 3.63) is 127 Å². The molecule has 0 N–H and O–H groups in total. The lowest BCUT2D eigenvalue weighted by molar-refractivity contribution is 0.669. The lowest BCUT2D eigenvalue weighted by atomic mass is 9.92. The summed E-state index contributed by atoms with van der Waals surface area (Å²) in [5, 5.41) is 2.15. The van der Waals surface area contributed by atoms with Crippen LogP contribution in [0.1, 0.15) is 25.3 Å². The Morgan fingerprint density at radius 2 is 1.27 bits per heavy atom. The number of hydrogen-bond donors (Lipinski definition) is 0. The van der Waals surface area contributed by atoms with E-state index in [1.165, 1.54) is 5.56 Å². The zero-order valence-corrected chi connectivity index (χ0v) is 18.3. The quantitative estimate of drug-likeness (QED) is 0.282. The highest BCUT2D eigenvalue weighted by atomic mass is 16.3. The summed E-state index contributed by atoms with van der Waals surface area (Å²) in [5.41, 5.74) is 7.79. The van der Waals surface area contributed by atoms with Gasteiger partial charge >= 0.3 is 0 Å². The standard InChI is InChI=1S/C31H23NO/c1-21(22-8-4-2-5-9-22)24-16-17-32-29(20-24)26-13-15-31-28(19-26)27-18-25(12-14-30(27)33-31)23-10-6-3-7-11-23/h2-21H,1H3/i21D. The van der Waals surface area contributed by atoms with Crippen LogP contribution in [0.5, 0.6) is 0 Å². The predicted molar refractivity (Wildman–Crippen MR) is 136 cm³/mol. The van der Waals surface area contributed by atoms with Crippen molar-refractivity contribution >= 4 is 21.9 Å². The number of aromatic nitrogens is 1. The number of hydrogen-bond acceptors (Lipinski definition) is 2. The molecule has 1 atom stereocenters. The van der Waals surface area contributed by atoms with Crippen molar-refractivity contribution in [2.45, 2.75) is 12.8 Å². The monoisotopic (exact) mass is 426 g/mol. The minimum Gasteiger partial charge on any atom is -0.456 e. The first-order chi connectivity index (χ1) is 16.6. The molecule has 0 bridgehead atoms. The van der Waals surface area contributed by atoms with Crippen molar-refractivity contribution in [3.63, 3.8) is 0 Å². The van der Waals surface area contributed by atoms with E-state index in [1.807, 2.05) is 73.7 Å². The van der Waals surface area contributed by atoms with Crippen LogP contribution in [0.4, 0.5) is 0 Å². The largest absolute Gasteiger partial charge is 0.456 e. The van der Waals surface area contributed by atoms with E-state index >= 15 is 0 Å². The van der Waals surface area contributed by atoms with E-state index < -0.39 is 5.89 Å². The number of benzene rings is 4. The molecule has 0 saturated heterocycles. The molecule has 0 aliphatic carbocycles. The van der Waals surface area contributed by atoms with Crippen molar-refractivity contribution in [2.24, 2.45) is 0 Å². The van der Waals surface area contributed by atoms with Gasteiger partial charge in [0, 0.05) is 29.8 Å². The van der Waals surface area contributed by atoms with Crippen molar-refractivity contribution in [1.82, 2.24) is 4.98 Å². The molecule has 2 aromatic heterocycles. The highest BCUT2D eigenvalue weighted by Crippen LogP contribution is 2.35. The Morgan fingerprint density at radius 3 is 2.00 bits per heavy atom. The van der Waals surface area contributed by atoms with Gasteiger partial charge in [-0.15, -0.1) is 0 Å². The van der Waals surface area contributed by atoms with Gasteiger partial charge < -0.3 is 4.42 Å². The molecule has 0 radical (unpaired) electrons. The number of rotatable bonds is 4. The van der Waals surface area contributed by atoms with Gasteiger partial charge in [0.05, 0.1) is 5.69 Å². The molecule has 33 heavy (non-hydrogen) atoms. The smallest absolute Gasteiger partial charge is 0.135 e. The second kappa shape index (κ2) is 8.07. The highest BCUT2D eigenvalue weighted by molar-refractivity contribution is 6.07. The van der Waals surface area contributed by atoms with Gasteiger partial charge in [-0.25, -0.2) is 0 Å². The van der Waals surface area contributed by atoms with Gasteiger partial charge in [0.2, 0.25) is 0 Å². The SMILES string of the molecule is [2H]C(C)(c1ccccc1)c1ccnc(-c2ccc3oc4ccc(-c5ccccc5)cc4c3c2)c1. The number of furan rings is 1. The summed E-state index contributed by atoms with van der Waals surface area (Å²) in [4.78, 5) is 4.64. The fourth-order valence-electron chi connectivity index (χ4n) is 4.42. The minimum atomic E-state index is -0.865. The maximum absolute atomic E-state index is 9.04. The zero-order chi connectivity index (χ0) is 23.1. The third kappa shape index (κ3) is 3.60. The molecular weight excluding hydrogens is 402 g/mol. The average molecular weight is 427 g/mol. The summed E-state index contributed by atoms with van der Waals surface area (Å²) in [7, 11) is 0. The van der Waals surface area contributed by atoms with Gasteiger partial charge in [-0.05, 0) is 64.7 Å². The van der Waals surface area contributed by atoms with Crippen LogP contribution >= 0.6 is 0 Å². The van der Waals surface area contributed by atoms with Crippen LogP contribution in [0.2, 0.25) is 0 Å². The van der Waals surface area contributed by atoms with Crippen molar-refractivity contribution < 1.29 is 5.79 Å². The molecule has 0 aliphatic rings. The molecule has 4 aromatic carbocycles. The average Bonchev–Trinajstić information content (AvgIpc) is 3.27. The molecule has 158 valence electrons. The Balaban J connectivity index is 1.45. The zero-order valence-electron chi connectivity index (χ0n) is 19.3. The Labute approximate surface area is 194 Å². The Kier molecular flexibility index (Phi) is 4.50.